The van der Waals surface area contributed by atoms with Crippen LogP contribution in [-0.4, -0.2) is 5.11 Å². The highest BCUT2D eigenvalue weighted by Crippen LogP contribution is 2.23. The number of fused-ring (bicyclic) bond motifs is 1. The molecule has 0 fully saturated rings. The summed E-state index contributed by atoms with van der Waals surface area (Å²) < 4.78 is 0. The van der Waals surface area contributed by atoms with Crippen LogP contribution < -0.4 is 0 Å². The van der Waals surface area contributed by atoms with Crippen molar-refractivity contribution >= 4 is 5.76 Å². The predicted octanol–water partition coefficient (Wildman–Crippen LogP) is 2.14. The SMILES string of the molecule is OC1=CCc2ccccc21. The molecule has 0 saturated carbocycles. The van der Waals surface area contributed by atoms with Gasteiger partial charge in [-0.2, -0.15) is 0 Å². The minimum absolute atomic E-state index is 0.426. The lowest BCUT2D eigenvalue weighted by Gasteiger charge is -1.96. The summed E-state index contributed by atoms with van der Waals surface area (Å²) >= 11 is 0. The molecule has 2 rings (SSSR count). The monoisotopic (exact) mass is 132 g/mol. The third-order valence-electron chi connectivity index (χ3n) is 1.81. The van der Waals surface area contributed by atoms with E-state index in [1.165, 1.54) is 5.56 Å². The molecular formula is C9H8O. The first-order valence-electron chi connectivity index (χ1n) is 3.35. The summed E-state index contributed by atoms with van der Waals surface area (Å²) in [6.45, 7) is 0. The molecule has 0 spiro atoms. The van der Waals surface area contributed by atoms with Crippen molar-refractivity contribution in [3.05, 3.63) is 41.5 Å². The number of benzene rings is 1. The lowest BCUT2D eigenvalue weighted by atomic mass is 10.1. The minimum Gasteiger partial charge on any atom is -0.508 e. The topological polar surface area (TPSA) is 20.2 Å². The molecule has 1 aliphatic carbocycles. The van der Waals surface area contributed by atoms with Crippen molar-refractivity contribution in [1.29, 1.82) is 0 Å². The van der Waals surface area contributed by atoms with E-state index in [0.717, 1.165) is 12.0 Å². The molecule has 1 heteroatoms. The molecule has 1 aromatic rings. The first-order chi connectivity index (χ1) is 4.88. The van der Waals surface area contributed by atoms with Crippen LogP contribution >= 0.6 is 0 Å². The quantitative estimate of drug-likeness (QED) is 0.573. The van der Waals surface area contributed by atoms with Crippen LogP contribution in [0.4, 0.5) is 0 Å². The van der Waals surface area contributed by atoms with Crippen molar-refractivity contribution in [2.45, 2.75) is 6.42 Å². The Labute approximate surface area is 59.6 Å². The van der Waals surface area contributed by atoms with Gasteiger partial charge in [0.1, 0.15) is 5.76 Å². The Morgan fingerprint density at radius 1 is 1.20 bits per heavy atom. The average Bonchev–Trinajstić information content (AvgIpc) is 2.34. The highest BCUT2D eigenvalue weighted by molar-refractivity contribution is 5.66. The van der Waals surface area contributed by atoms with Crippen LogP contribution in [0.25, 0.3) is 5.76 Å². The fourth-order valence-corrected chi connectivity index (χ4v) is 1.26. The van der Waals surface area contributed by atoms with E-state index in [-0.39, 0.29) is 0 Å². The first-order valence-corrected chi connectivity index (χ1v) is 3.35. The van der Waals surface area contributed by atoms with Gasteiger partial charge in [-0.15, -0.1) is 0 Å². The van der Waals surface area contributed by atoms with E-state index in [4.69, 9.17) is 0 Å². The van der Waals surface area contributed by atoms with Crippen LogP contribution in [0.15, 0.2) is 30.3 Å². The number of allylic oxidation sites excluding steroid dienone is 1. The molecule has 1 N–H and O–H groups in total. The van der Waals surface area contributed by atoms with E-state index in [2.05, 4.69) is 0 Å². The molecule has 50 valence electrons. The standard InChI is InChI=1S/C9H8O/c10-9-6-5-7-3-1-2-4-8(7)9/h1-4,6,10H,5H2. The first kappa shape index (κ1) is 5.54. The number of hydrogen-bond donors (Lipinski definition) is 1. The molecule has 0 aromatic heterocycles. The largest absolute Gasteiger partial charge is 0.508 e. The number of aliphatic hydroxyl groups excluding tert-OH is 1. The molecule has 0 saturated heterocycles. The predicted molar refractivity (Wildman–Crippen MR) is 40.8 cm³/mol. The summed E-state index contributed by atoms with van der Waals surface area (Å²) in [4.78, 5) is 0. The molecular weight excluding hydrogens is 124 g/mol. The van der Waals surface area contributed by atoms with Gasteiger partial charge >= 0.3 is 0 Å². The van der Waals surface area contributed by atoms with Crippen molar-refractivity contribution in [3.63, 3.8) is 0 Å². The van der Waals surface area contributed by atoms with Gasteiger partial charge in [-0.25, -0.2) is 0 Å². The fraction of sp³-hybridized carbons (Fsp3) is 0.111. The van der Waals surface area contributed by atoms with Gasteiger partial charge in [0.25, 0.3) is 0 Å². The molecule has 0 radical (unpaired) electrons. The molecule has 1 aliphatic rings. The zero-order chi connectivity index (χ0) is 6.97. The summed E-state index contributed by atoms with van der Waals surface area (Å²) in [5, 5.41) is 9.24. The number of aliphatic hydroxyl groups is 1. The zero-order valence-corrected chi connectivity index (χ0v) is 5.54. The normalized spacial score (nSPS) is 14.6. The fourth-order valence-electron chi connectivity index (χ4n) is 1.26. The summed E-state index contributed by atoms with van der Waals surface area (Å²) in [5.41, 5.74) is 2.21. The summed E-state index contributed by atoms with van der Waals surface area (Å²) in [5.74, 6) is 0.426. The molecule has 0 heterocycles. The van der Waals surface area contributed by atoms with Crippen LogP contribution in [0.1, 0.15) is 11.1 Å². The Morgan fingerprint density at radius 3 is 2.80 bits per heavy atom. The van der Waals surface area contributed by atoms with Gasteiger partial charge in [0, 0.05) is 5.56 Å². The van der Waals surface area contributed by atoms with Crippen LogP contribution in [0.3, 0.4) is 0 Å². The maximum Gasteiger partial charge on any atom is 0.119 e. The Bertz CT molecular complexity index is 287. The smallest absolute Gasteiger partial charge is 0.119 e. The van der Waals surface area contributed by atoms with Crippen LogP contribution in [0.2, 0.25) is 0 Å². The van der Waals surface area contributed by atoms with Gasteiger partial charge in [0.15, 0.2) is 0 Å². The Morgan fingerprint density at radius 2 is 2.00 bits per heavy atom. The Balaban J connectivity index is 2.61. The maximum atomic E-state index is 9.24. The van der Waals surface area contributed by atoms with E-state index in [0.29, 0.717) is 5.76 Å². The van der Waals surface area contributed by atoms with Gasteiger partial charge < -0.3 is 5.11 Å². The van der Waals surface area contributed by atoms with Crippen molar-refractivity contribution in [3.8, 4) is 0 Å². The van der Waals surface area contributed by atoms with Crippen LogP contribution in [-0.2, 0) is 6.42 Å². The summed E-state index contributed by atoms with van der Waals surface area (Å²) in [6.07, 6.45) is 2.71. The lowest BCUT2D eigenvalue weighted by Crippen LogP contribution is -1.80. The van der Waals surface area contributed by atoms with E-state index in [1.54, 1.807) is 0 Å². The molecule has 1 aromatic carbocycles. The third-order valence-corrected chi connectivity index (χ3v) is 1.81. The summed E-state index contributed by atoms with van der Waals surface area (Å²) in [7, 11) is 0. The van der Waals surface area contributed by atoms with Crippen molar-refractivity contribution < 1.29 is 5.11 Å². The van der Waals surface area contributed by atoms with Gasteiger partial charge in [0.05, 0.1) is 0 Å². The van der Waals surface area contributed by atoms with Crippen molar-refractivity contribution in [1.82, 2.24) is 0 Å². The van der Waals surface area contributed by atoms with E-state index < -0.39 is 0 Å². The van der Waals surface area contributed by atoms with E-state index in [1.807, 2.05) is 30.3 Å². The molecule has 0 aliphatic heterocycles. The molecule has 0 atom stereocenters. The molecule has 10 heavy (non-hydrogen) atoms. The highest BCUT2D eigenvalue weighted by Gasteiger charge is 2.10. The molecule has 0 bridgehead atoms. The zero-order valence-electron chi connectivity index (χ0n) is 5.54. The van der Waals surface area contributed by atoms with Crippen molar-refractivity contribution in [2.75, 3.05) is 0 Å². The third kappa shape index (κ3) is 0.637. The van der Waals surface area contributed by atoms with Crippen molar-refractivity contribution in [2.24, 2.45) is 0 Å². The second kappa shape index (κ2) is 1.87. The highest BCUT2D eigenvalue weighted by atomic mass is 16.3. The molecule has 0 amide bonds. The van der Waals surface area contributed by atoms with Crippen LogP contribution in [0, 0.1) is 0 Å². The van der Waals surface area contributed by atoms with Crippen LogP contribution in [0.5, 0.6) is 0 Å². The second-order valence-corrected chi connectivity index (χ2v) is 2.45. The van der Waals surface area contributed by atoms with Gasteiger partial charge in [0.2, 0.25) is 0 Å². The lowest BCUT2D eigenvalue weighted by molar-refractivity contribution is 0.513. The Kier molecular flexibility index (Phi) is 1.04. The molecule has 1 nitrogen and oxygen atoms in total. The van der Waals surface area contributed by atoms with Gasteiger partial charge in [-0.05, 0) is 18.1 Å². The van der Waals surface area contributed by atoms with Gasteiger partial charge in [-0.3, -0.25) is 0 Å². The average molecular weight is 132 g/mol. The molecule has 0 unspecified atom stereocenters. The number of rotatable bonds is 0. The van der Waals surface area contributed by atoms with E-state index in [9.17, 15) is 5.11 Å². The maximum absolute atomic E-state index is 9.24. The van der Waals surface area contributed by atoms with E-state index >= 15 is 0 Å². The second-order valence-electron chi connectivity index (χ2n) is 2.45. The number of hydrogen-bond acceptors (Lipinski definition) is 1. The van der Waals surface area contributed by atoms with Gasteiger partial charge in [-0.1, -0.05) is 24.3 Å². The Hall–Kier alpha value is -1.24. The summed E-state index contributed by atoms with van der Waals surface area (Å²) in [6, 6.07) is 7.91. The minimum atomic E-state index is 0.426.